The van der Waals surface area contributed by atoms with Crippen LogP contribution in [0.4, 0.5) is 0 Å². The van der Waals surface area contributed by atoms with Crippen molar-refractivity contribution in [1.82, 2.24) is 10.2 Å². The van der Waals surface area contributed by atoms with Crippen LogP contribution in [-0.4, -0.2) is 37.0 Å². The molecule has 1 heterocycles. The maximum atomic E-state index is 10.8. The maximum absolute atomic E-state index is 10.8. The Morgan fingerprint density at radius 3 is 2.32 bits per heavy atom. The van der Waals surface area contributed by atoms with Crippen LogP contribution in [0, 0.1) is 16.7 Å². The largest absolute Gasteiger partial charge is 0.355 e. The summed E-state index contributed by atoms with van der Waals surface area (Å²) in [5, 5.41) is 2.89. The smallest absolute Gasteiger partial charge is 0.216 e. The van der Waals surface area contributed by atoms with E-state index >= 15 is 0 Å². The molecule has 1 N–H and O–H groups in total. The first kappa shape index (κ1) is 14.8. The molecule has 0 aromatic carbocycles. The van der Waals surface area contributed by atoms with Crippen LogP contribution in [0.3, 0.4) is 0 Å². The predicted octanol–water partition coefficient (Wildman–Crippen LogP) is 2.66. The second kappa shape index (κ2) is 5.43. The number of likely N-dealkylation sites (tertiary alicyclic amines) is 1. The molecule has 2 rings (SSSR count). The molecule has 1 aliphatic heterocycles. The lowest BCUT2D eigenvalue weighted by molar-refractivity contribution is -0.119. The summed E-state index contributed by atoms with van der Waals surface area (Å²) in [7, 11) is 0. The molecular formula is C16H30N2O. The number of hydrogen-bond donors (Lipinski definition) is 1. The molecule has 1 aliphatic carbocycles. The minimum atomic E-state index is 0.0838. The highest BCUT2D eigenvalue weighted by atomic mass is 16.1. The summed E-state index contributed by atoms with van der Waals surface area (Å²) in [6.45, 7) is 13.0. The third kappa shape index (κ3) is 3.71. The van der Waals surface area contributed by atoms with E-state index in [4.69, 9.17) is 0 Å². The lowest BCUT2D eigenvalue weighted by Gasteiger charge is -2.56. The van der Waals surface area contributed by atoms with Crippen LogP contribution in [0.2, 0.25) is 0 Å². The van der Waals surface area contributed by atoms with Gasteiger partial charge >= 0.3 is 0 Å². The topological polar surface area (TPSA) is 32.3 Å². The minimum Gasteiger partial charge on any atom is -0.355 e. The van der Waals surface area contributed by atoms with E-state index in [0.29, 0.717) is 10.8 Å². The van der Waals surface area contributed by atoms with E-state index in [9.17, 15) is 4.79 Å². The Morgan fingerprint density at radius 2 is 1.84 bits per heavy atom. The van der Waals surface area contributed by atoms with E-state index in [1.54, 1.807) is 6.92 Å². The Bertz CT molecular complexity index is 316. The zero-order valence-electron chi connectivity index (χ0n) is 13.1. The fraction of sp³-hybridized carbons (Fsp3) is 0.938. The van der Waals surface area contributed by atoms with Crippen molar-refractivity contribution in [3.8, 4) is 0 Å². The maximum Gasteiger partial charge on any atom is 0.216 e. The van der Waals surface area contributed by atoms with Crippen LogP contribution < -0.4 is 5.32 Å². The third-order valence-corrected chi connectivity index (χ3v) is 5.30. The average molecular weight is 266 g/mol. The molecule has 0 radical (unpaired) electrons. The predicted molar refractivity (Wildman–Crippen MR) is 79.0 cm³/mol. The molecule has 19 heavy (non-hydrogen) atoms. The van der Waals surface area contributed by atoms with E-state index in [-0.39, 0.29) is 5.91 Å². The highest BCUT2D eigenvalue weighted by Gasteiger charge is 2.49. The quantitative estimate of drug-likeness (QED) is 0.852. The van der Waals surface area contributed by atoms with Crippen LogP contribution in [0.15, 0.2) is 0 Å². The molecule has 0 bridgehead atoms. The molecule has 0 aromatic rings. The monoisotopic (exact) mass is 266 g/mol. The summed E-state index contributed by atoms with van der Waals surface area (Å²) in [4.78, 5) is 13.3. The summed E-state index contributed by atoms with van der Waals surface area (Å²) in [5.74, 6) is 1.01. The molecule has 1 amide bonds. The van der Waals surface area contributed by atoms with Gasteiger partial charge in [0.25, 0.3) is 0 Å². The molecule has 0 unspecified atom stereocenters. The number of rotatable bonds is 3. The molecule has 2 fully saturated rings. The molecule has 1 saturated heterocycles. The van der Waals surface area contributed by atoms with Crippen molar-refractivity contribution in [2.45, 2.75) is 53.4 Å². The van der Waals surface area contributed by atoms with Crippen LogP contribution in [0.1, 0.15) is 53.4 Å². The van der Waals surface area contributed by atoms with Gasteiger partial charge in [-0.1, -0.05) is 20.8 Å². The Kier molecular flexibility index (Phi) is 4.24. The van der Waals surface area contributed by atoms with Gasteiger partial charge in [-0.15, -0.1) is 0 Å². The van der Waals surface area contributed by atoms with E-state index < -0.39 is 0 Å². The van der Waals surface area contributed by atoms with Crippen LogP contribution in [0.5, 0.6) is 0 Å². The lowest BCUT2D eigenvalue weighted by Crippen LogP contribution is -2.50. The Hall–Kier alpha value is -0.570. The molecule has 3 nitrogen and oxygen atoms in total. The van der Waals surface area contributed by atoms with Crippen LogP contribution in [0.25, 0.3) is 0 Å². The second-order valence-corrected chi connectivity index (χ2v) is 7.80. The van der Waals surface area contributed by atoms with Gasteiger partial charge in [0.2, 0.25) is 5.91 Å². The van der Waals surface area contributed by atoms with E-state index in [0.717, 1.165) is 19.0 Å². The highest BCUT2D eigenvalue weighted by molar-refractivity contribution is 5.72. The lowest BCUT2D eigenvalue weighted by atomic mass is 9.52. The number of amides is 1. The fourth-order valence-corrected chi connectivity index (χ4v) is 3.65. The van der Waals surface area contributed by atoms with Gasteiger partial charge in [0.15, 0.2) is 0 Å². The van der Waals surface area contributed by atoms with Crippen molar-refractivity contribution in [3.05, 3.63) is 0 Å². The van der Waals surface area contributed by atoms with E-state index in [1.807, 2.05) is 0 Å². The summed E-state index contributed by atoms with van der Waals surface area (Å²) < 4.78 is 0. The normalized spacial score (nSPS) is 24.2. The molecule has 2 aliphatic rings. The first-order chi connectivity index (χ1) is 8.81. The van der Waals surface area contributed by atoms with E-state index in [2.05, 4.69) is 31.0 Å². The van der Waals surface area contributed by atoms with Crippen molar-refractivity contribution < 1.29 is 4.79 Å². The summed E-state index contributed by atoms with van der Waals surface area (Å²) in [5.41, 5.74) is 1.16. The Balaban J connectivity index is 1.68. The first-order valence-electron chi connectivity index (χ1n) is 7.78. The zero-order valence-corrected chi connectivity index (χ0v) is 13.1. The van der Waals surface area contributed by atoms with Gasteiger partial charge in [-0.2, -0.15) is 0 Å². The first-order valence-corrected chi connectivity index (χ1v) is 7.78. The SMILES string of the molecule is CC(=O)NCCN1CCC2(CC1)CC(C(C)(C)C)C2. The van der Waals surface area contributed by atoms with Gasteiger partial charge in [-0.05, 0) is 55.5 Å². The number of nitrogens with zero attached hydrogens (tertiary/aromatic N) is 1. The summed E-state index contributed by atoms with van der Waals surface area (Å²) in [6, 6.07) is 0. The van der Waals surface area contributed by atoms with Gasteiger partial charge in [-0.25, -0.2) is 0 Å². The highest BCUT2D eigenvalue weighted by Crippen LogP contribution is 2.57. The number of carbonyl (C=O) groups is 1. The van der Waals surface area contributed by atoms with Gasteiger partial charge in [-0.3, -0.25) is 4.79 Å². The second-order valence-electron chi connectivity index (χ2n) is 7.80. The van der Waals surface area contributed by atoms with Crippen molar-refractivity contribution >= 4 is 5.91 Å². The molecule has 3 heteroatoms. The Morgan fingerprint density at radius 1 is 1.26 bits per heavy atom. The number of hydrogen-bond acceptors (Lipinski definition) is 2. The fourth-order valence-electron chi connectivity index (χ4n) is 3.65. The third-order valence-electron chi connectivity index (χ3n) is 5.30. The van der Waals surface area contributed by atoms with Gasteiger partial charge < -0.3 is 10.2 Å². The number of piperidine rings is 1. The number of carbonyl (C=O) groups excluding carboxylic acids is 1. The van der Waals surface area contributed by atoms with Gasteiger partial charge in [0.05, 0.1) is 0 Å². The molecule has 1 spiro atoms. The van der Waals surface area contributed by atoms with Crippen LogP contribution in [-0.2, 0) is 4.79 Å². The summed E-state index contributed by atoms with van der Waals surface area (Å²) >= 11 is 0. The van der Waals surface area contributed by atoms with Gasteiger partial charge in [0.1, 0.15) is 0 Å². The van der Waals surface area contributed by atoms with Crippen molar-refractivity contribution in [3.63, 3.8) is 0 Å². The minimum absolute atomic E-state index is 0.0838. The Labute approximate surface area is 118 Å². The zero-order chi connectivity index (χ0) is 14.1. The summed E-state index contributed by atoms with van der Waals surface area (Å²) in [6.07, 6.45) is 5.60. The van der Waals surface area contributed by atoms with Crippen molar-refractivity contribution in [2.24, 2.45) is 16.7 Å². The van der Waals surface area contributed by atoms with Crippen molar-refractivity contribution in [1.29, 1.82) is 0 Å². The molecule has 0 aromatic heterocycles. The standard InChI is InChI=1S/C16H30N2O/c1-13(19)17-7-10-18-8-5-16(6-9-18)11-14(12-16)15(2,3)4/h14H,5-12H2,1-4H3,(H,17,19). The van der Waals surface area contributed by atoms with Crippen molar-refractivity contribution in [2.75, 3.05) is 26.2 Å². The van der Waals surface area contributed by atoms with Crippen LogP contribution >= 0.6 is 0 Å². The number of nitrogens with one attached hydrogen (secondary N) is 1. The van der Waals surface area contributed by atoms with E-state index in [1.165, 1.54) is 38.8 Å². The molecule has 1 saturated carbocycles. The molecule has 0 atom stereocenters. The average Bonchev–Trinajstić information content (AvgIpc) is 2.25. The van der Waals surface area contributed by atoms with Gasteiger partial charge in [0, 0.05) is 20.0 Å². The molecular weight excluding hydrogens is 236 g/mol. The molecule has 110 valence electrons.